The molecule has 0 N–H and O–H groups in total. The maximum Gasteiger partial charge on any atom is 0.340 e. The average Bonchev–Trinajstić information content (AvgIpc) is 2.60. The molecule has 0 aliphatic heterocycles. The Morgan fingerprint density at radius 3 is 2.58 bits per heavy atom. The van der Waals surface area contributed by atoms with E-state index in [4.69, 9.17) is 9.47 Å². The number of carbonyl (C=O) groups excluding carboxylic acids is 1. The van der Waals surface area contributed by atoms with Crippen LogP contribution in [0.15, 0.2) is 48.5 Å². The van der Waals surface area contributed by atoms with Gasteiger partial charge in [-0.1, -0.05) is 30.3 Å². The molecule has 5 heteroatoms. The van der Waals surface area contributed by atoms with E-state index in [1.807, 2.05) is 31.2 Å². The minimum Gasteiger partial charge on any atom is -0.484 e. The van der Waals surface area contributed by atoms with Crippen molar-refractivity contribution in [1.29, 1.82) is 0 Å². The number of halogens is 1. The summed E-state index contributed by atoms with van der Waals surface area (Å²) in [7, 11) is 1.32. The Labute approximate surface area is 138 Å². The number of aromatic nitrogens is 1. The fourth-order valence-electron chi connectivity index (χ4n) is 2.63. The zero-order valence-electron chi connectivity index (χ0n) is 13.4. The molecular weight excluding hydrogens is 309 g/mol. The number of esters is 1. The molecule has 0 fully saturated rings. The van der Waals surface area contributed by atoms with Crippen LogP contribution in [0.2, 0.25) is 0 Å². The summed E-state index contributed by atoms with van der Waals surface area (Å²) >= 11 is 0. The fraction of sp³-hybridized carbons (Fsp3) is 0.158. The van der Waals surface area contributed by atoms with Crippen molar-refractivity contribution in [3.63, 3.8) is 0 Å². The maximum absolute atomic E-state index is 13.7. The molecule has 3 rings (SSSR count). The summed E-state index contributed by atoms with van der Waals surface area (Å²) in [6.45, 7) is 1.81. The van der Waals surface area contributed by atoms with Gasteiger partial charge in [0.05, 0.1) is 23.9 Å². The van der Waals surface area contributed by atoms with Crippen molar-refractivity contribution in [3.05, 3.63) is 71.2 Å². The molecule has 4 nitrogen and oxygen atoms in total. The molecule has 24 heavy (non-hydrogen) atoms. The van der Waals surface area contributed by atoms with Gasteiger partial charge in [-0.2, -0.15) is 0 Å². The molecule has 0 bridgehead atoms. The van der Waals surface area contributed by atoms with Crippen LogP contribution in [-0.4, -0.2) is 18.1 Å². The highest BCUT2D eigenvalue weighted by Gasteiger charge is 2.20. The third kappa shape index (κ3) is 2.93. The molecule has 0 spiro atoms. The Morgan fingerprint density at radius 1 is 1.12 bits per heavy atom. The largest absolute Gasteiger partial charge is 0.484 e. The minimum atomic E-state index is -0.488. The highest BCUT2D eigenvalue weighted by molar-refractivity contribution is 5.98. The number of para-hydroxylation sites is 2. The molecule has 2 aromatic carbocycles. The second-order valence-corrected chi connectivity index (χ2v) is 5.29. The third-order valence-corrected chi connectivity index (χ3v) is 3.82. The van der Waals surface area contributed by atoms with Crippen molar-refractivity contribution in [3.8, 4) is 5.75 Å². The molecule has 0 radical (unpaired) electrons. The smallest absolute Gasteiger partial charge is 0.340 e. The standard InChI is InChI=1S/C19H16FNO3/c1-12-13-7-3-5-9-15(13)21-16(18(12)19(22)23-2)11-24-17-10-6-4-8-14(17)20/h3-10H,11H2,1-2H3. The Bertz CT molecular complexity index is 908. The monoisotopic (exact) mass is 325 g/mol. The number of aryl methyl sites for hydroxylation is 1. The summed E-state index contributed by atoms with van der Waals surface area (Å²) in [5, 5.41) is 0.868. The zero-order chi connectivity index (χ0) is 17.1. The molecule has 0 unspecified atom stereocenters. The van der Waals surface area contributed by atoms with E-state index < -0.39 is 11.8 Å². The van der Waals surface area contributed by atoms with Crippen LogP contribution in [0.4, 0.5) is 4.39 Å². The van der Waals surface area contributed by atoms with E-state index in [0.29, 0.717) is 11.3 Å². The van der Waals surface area contributed by atoms with Crippen LogP contribution in [0.25, 0.3) is 10.9 Å². The van der Waals surface area contributed by atoms with E-state index >= 15 is 0 Å². The van der Waals surface area contributed by atoms with E-state index in [0.717, 1.165) is 16.5 Å². The van der Waals surface area contributed by atoms with Gasteiger partial charge in [-0.15, -0.1) is 0 Å². The number of nitrogens with zero attached hydrogens (tertiary/aromatic N) is 1. The van der Waals surface area contributed by atoms with Crippen LogP contribution in [0.1, 0.15) is 21.6 Å². The Kier molecular flexibility index (Phi) is 4.42. The van der Waals surface area contributed by atoms with E-state index in [9.17, 15) is 9.18 Å². The molecule has 0 saturated heterocycles. The van der Waals surface area contributed by atoms with Gasteiger partial charge in [0.25, 0.3) is 0 Å². The van der Waals surface area contributed by atoms with E-state index in [-0.39, 0.29) is 12.4 Å². The van der Waals surface area contributed by atoms with Gasteiger partial charge in [0.2, 0.25) is 0 Å². The highest BCUT2D eigenvalue weighted by atomic mass is 19.1. The lowest BCUT2D eigenvalue weighted by Crippen LogP contribution is -2.13. The number of rotatable bonds is 4. The van der Waals surface area contributed by atoms with Gasteiger partial charge in [-0.3, -0.25) is 0 Å². The van der Waals surface area contributed by atoms with E-state index in [1.54, 1.807) is 12.1 Å². The van der Waals surface area contributed by atoms with Gasteiger partial charge >= 0.3 is 5.97 Å². The number of methoxy groups -OCH3 is 1. The van der Waals surface area contributed by atoms with Gasteiger partial charge < -0.3 is 9.47 Å². The SMILES string of the molecule is COC(=O)c1c(COc2ccccc2F)nc2ccccc2c1C. The Morgan fingerprint density at radius 2 is 1.83 bits per heavy atom. The van der Waals surface area contributed by atoms with Crippen molar-refractivity contribution in [1.82, 2.24) is 4.98 Å². The van der Waals surface area contributed by atoms with Gasteiger partial charge in [0.1, 0.15) is 6.61 Å². The number of hydrogen-bond donors (Lipinski definition) is 0. The minimum absolute atomic E-state index is 0.0307. The van der Waals surface area contributed by atoms with Crippen molar-refractivity contribution in [2.45, 2.75) is 13.5 Å². The van der Waals surface area contributed by atoms with Gasteiger partial charge in [-0.05, 0) is 30.7 Å². The van der Waals surface area contributed by atoms with Crippen molar-refractivity contribution in [2.75, 3.05) is 7.11 Å². The second-order valence-electron chi connectivity index (χ2n) is 5.29. The van der Waals surface area contributed by atoms with Gasteiger partial charge in [-0.25, -0.2) is 14.2 Å². The predicted molar refractivity (Wildman–Crippen MR) is 88.6 cm³/mol. The van der Waals surface area contributed by atoms with Crippen LogP contribution in [0.5, 0.6) is 5.75 Å². The van der Waals surface area contributed by atoms with Gasteiger partial charge in [0.15, 0.2) is 11.6 Å². The Balaban J connectivity index is 2.05. The number of benzene rings is 2. The third-order valence-electron chi connectivity index (χ3n) is 3.82. The van der Waals surface area contributed by atoms with Crippen LogP contribution < -0.4 is 4.74 Å². The first-order chi connectivity index (χ1) is 11.6. The molecular formula is C19H16FNO3. The highest BCUT2D eigenvalue weighted by Crippen LogP contribution is 2.25. The average molecular weight is 325 g/mol. The van der Waals surface area contributed by atoms with Crippen LogP contribution in [-0.2, 0) is 11.3 Å². The lowest BCUT2D eigenvalue weighted by atomic mass is 10.0. The number of hydrogen-bond acceptors (Lipinski definition) is 4. The summed E-state index contributed by atoms with van der Waals surface area (Å²) in [6.07, 6.45) is 0. The van der Waals surface area contributed by atoms with Crippen molar-refractivity contribution < 1.29 is 18.7 Å². The van der Waals surface area contributed by atoms with Crippen molar-refractivity contribution in [2.24, 2.45) is 0 Å². The predicted octanol–water partition coefficient (Wildman–Crippen LogP) is 4.05. The molecule has 122 valence electrons. The first kappa shape index (κ1) is 15.9. The number of carbonyl (C=O) groups is 1. The molecule has 1 heterocycles. The molecule has 0 saturated carbocycles. The van der Waals surface area contributed by atoms with Crippen LogP contribution >= 0.6 is 0 Å². The number of pyridine rings is 1. The molecule has 0 amide bonds. The number of fused-ring (bicyclic) bond motifs is 1. The number of ether oxygens (including phenoxy) is 2. The Hall–Kier alpha value is -2.95. The zero-order valence-corrected chi connectivity index (χ0v) is 13.4. The van der Waals surface area contributed by atoms with Gasteiger partial charge in [0, 0.05) is 5.39 Å². The normalized spacial score (nSPS) is 10.6. The first-order valence-corrected chi connectivity index (χ1v) is 7.45. The summed E-state index contributed by atoms with van der Waals surface area (Å²) in [4.78, 5) is 16.7. The van der Waals surface area contributed by atoms with Crippen LogP contribution in [0.3, 0.4) is 0 Å². The molecule has 0 aliphatic rings. The van der Waals surface area contributed by atoms with Crippen molar-refractivity contribution >= 4 is 16.9 Å². The fourth-order valence-corrected chi connectivity index (χ4v) is 2.63. The second kappa shape index (κ2) is 6.66. The molecule has 3 aromatic rings. The summed E-state index contributed by atoms with van der Waals surface area (Å²) in [5.74, 6) is -0.839. The lowest BCUT2D eigenvalue weighted by molar-refractivity contribution is 0.0596. The quantitative estimate of drug-likeness (QED) is 0.679. The molecule has 0 atom stereocenters. The maximum atomic E-state index is 13.7. The first-order valence-electron chi connectivity index (χ1n) is 7.45. The summed E-state index contributed by atoms with van der Waals surface area (Å²) in [6, 6.07) is 13.6. The van der Waals surface area contributed by atoms with E-state index in [1.165, 1.54) is 19.2 Å². The topological polar surface area (TPSA) is 48.4 Å². The molecule has 1 aromatic heterocycles. The summed E-state index contributed by atoms with van der Waals surface area (Å²) in [5.41, 5.74) is 2.28. The lowest BCUT2D eigenvalue weighted by Gasteiger charge is -2.14. The molecule has 0 aliphatic carbocycles. The summed E-state index contributed by atoms with van der Waals surface area (Å²) < 4.78 is 24.1. The van der Waals surface area contributed by atoms with Crippen LogP contribution in [0, 0.1) is 12.7 Å². The van der Waals surface area contributed by atoms with E-state index in [2.05, 4.69) is 4.98 Å².